The third kappa shape index (κ3) is 1.94. The molecule has 1 rings (SSSR count). The van der Waals surface area contributed by atoms with Crippen molar-refractivity contribution in [2.75, 3.05) is 6.54 Å². The molecule has 11 heavy (non-hydrogen) atoms. The molecule has 0 aromatic rings. The third-order valence-corrected chi connectivity index (χ3v) is 2.94. The smallest absolute Gasteiger partial charge is 0.0608 e. The van der Waals surface area contributed by atoms with E-state index >= 15 is 0 Å². The highest BCUT2D eigenvalue weighted by atomic mass is 16.3. The van der Waals surface area contributed by atoms with Crippen molar-refractivity contribution in [2.24, 2.45) is 17.6 Å². The maximum atomic E-state index is 9.75. The van der Waals surface area contributed by atoms with Crippen LogP contribution >= 0.6 is 0 Å². The van der Waals surface area contributed by atoms with Crippen LogP contribution in [0, 0.1) is 11.8 Å². The molecule has 1 saturated carbocycles. The van der Waals surface area contributed by atoms with Crippen LogP contribution in [0.5, 0.6) is 0 Å². The summed E-state index contributed by atoms with van der Waals surface area (Å²) in [5.74, 6) is 0.881. The highest BCUT2D eigenvalue weighted by Crippen LogP contribution is 2.30. The number of rotatable bonds is 2. The van der Waals surface area contributed by atoms with Crippen LogP contribution in [-0.2, 0) is 0 Å². The van der Waals surface area contributed by atoms with Crippen LogP contribution < -0.4 is 5.73 Å². The predicted molar refractivity (Wildman–Crippen MR) is 46.2 cm³/mol. The number of hydrogen-bond acceptors (Lipinski definition) is 2. The Morgan fingerprint density at radius 3 is 2.55 bits per heavy atom. The molecule has 3 atom stereocenters. The quantitative estimate of drug-likeness (QED) is 0.631. The minimum Gasteiger partial charge on any atom is -0.393 e. The molecule has 66 valence electrons. The SMILES string of the molecule is CCC1CCCC(CN)C1O. The molecule has 0 amide bonds. The van der Waals surface area contributed by atoms with Gasteiger partial charge in [0, 0.05) is 0 Å². The zero-order valence-corrected chi connectivity index (χ0v) is 7.29. The van der Waals surface area contributed by atoms with E-state index in [1.807, 2.05) is 0 Å². The molecular weight excluding hydrogens is 138 g/mol. The topological polar surface area (TPSA) is 46.2 Å². The van der Waals surface area contributed by atoms with Crippen molar-refractivity contribution in [2.45, 2.75) is 38.7 Å². The molecule has 0 saturated heterocycles. The summed E-state index contributed by atoms with van der Waals surface area (Å²) in [7, 11) is 0. The Morgan fingerprint density at radius 1 is 1.36 bits per heavy atom. The number of aliphatic hydroxyl groups is 1. The summed E-state index contributed by atoms with van der Waals surface area (Å²) in [6, 6.07) is 0. The van der Waals surface area contributed by atoms with Gasteiger partial charge in [-0.2, -0.15) is 0 Å². The summed E-state index contributed by atoms with van der Waals surface area (Å²) in [6.07, 6.45) is 4.52. The first-order chi connectivity index (χ1) is 5.29. The lowest BCUT2D eigenvalue weighted by molar-refractivity contribution is 0.0197. The summed E-state index contributed by atoms with van der Waals surface area (Å²) < 4.78 is 0. The van der Waals surface area contributed by atoms with Crippen LogP contribution in [0.1, 0.15) is 32.6 Å². The van der Waals surface area contributed by atoms with Crippen molar-refractivity contribution >= 4 is 0 Å². The molecule has 0 aliphatic heterocycles. The molecule has 0 spiro atoms. The average molecular weight is 157 g/mol. The second-order valence-electron chi connectivity index (χ2n) is 3.59. The zero-order chi connectivity index (χ0) is 8.27. The second kappa shape index (κ2) is 4.07. The van der Waals surface area contributed by atoms with Crippen molar-refractivity contribution in [3.8, 4) is 0 Å². The number of hydrogen-bond donors (Lipinski definition) is 2. The molecule has 3 N–H and O–H groups in total. The van der Waals surface area contributed by atoms with E-state index in [1.54, 1.807) is 0 Å². The lowest BCUT2D eigenvalue weighted by Crippen LogP contribution is -2.37. The van der Waals surface area contributed by atoms with E-state index in [0.717, 1.165) is 12.8 Å². The van der Waals surface area contributed by atoms with Crippen molar-refractivity contribution in [3.63, 3.8) is 0 Å². The van der Waals surface area contributed by atoms with E-state index in [9.17, 15) is 5.11 Å². The molecular formula is C9H19NO. The predicted octanol–water partition coefficient (Wildman–Crippen LogP) is 1.13. The largest absolute Gasteiger partial charge is 0.393 e. The number of nitrogens with two attached hydrogens (primary N) is 1. The van der Waals surface area contributed by atoms with Gasteiger partial charge >= 0.3 is 0 Å². The highest BCUT2D eigenvalue weighted by Gasteiger charge is 2.29. The van der Waals surface area contributed by atoms with Gasteiger partial charge in [-0.25, -0.2) is 0 Å². The Kier molecular flexibility index (Phi) is 3.34. The fourth-order valence-electron chi connectivity index (χ4n) is 2.07. The van der Waals surface area contributed by atoms with Gasteiger partial charge in [0.1, 0.15) is 0 Å². The molecule has 2 nitrogen and oxygen atoms in total. The van der Waals surface area contributed by atoms with Gasteiger partial charge in [-0.1, -0.05) is 19.8 Å². The third-order valence-electron chi connectivity index (χ3n) is 2.94. The van der Waals surface area contributed by atoms with Crippen molar-refractivity contribution in [1.29, 1.82) is 0 Å². The summed E-state index contributed by atoms with van der Waals surface area (Å²) in [5, 5.41) is 9.75. The molecule has 1 fully saturated rings. The maximum absolute atomic E-state index is 9.75. The van der Waals surface area contributed by atoms with Crippen molar-refractivity contribution in [3.05, 3.63) is 0 Å². The first kappa shape index (κ1) is 9.01. The van der Waals surface area contributed by atoms with E-state index in [4.69, 9.17) is 5.73 Å². The fourth-order valence-corrected chi connectivity index (χ4v) is 2.07. The Morgan fingerprint density at radius 2 is 2.00 bits per heavy atom. The summed E-state index contributed by atoms with van der Waals surface area (Å²) in [6.45, 7) is 2.80. The molecule has 2 heteroatoms. The van der Waals surface area contributed by atoms with Gasteiger partial charge in [0.25, 0.3) is 0 Å². The van der Waals surface area contributed by atoms with Gasteiger partial charge in [0.2, 0.25) is 0 Å². The Balaban J connectivity index is 2.45. The normalized spacial score (nSPS) is 39.0. The molecule has 1 aliphatic rings. The minimum absolute atomic E-state index is 0.126. The Labute approximate surface area is 68.8 Å². The molecule has 0 bridgehead atoms. The second-order valence-corrected chi connectivity index (χ2v) is 3.59. The van der Waals surface area contributed by atoms with Crippen LogP contribution in [-0.4, -0.2) is 17.8 Å². The van der Waals surface area contributed by atoms with Crippen molar-refractivity contribution < 1.29 is 5.11 Å². The highest BCUT2D eigenvalue weighted by molar-refractivity contribution is 4.81. The van der Waals surface area contributed by atoms with Crippen LogP contribution in [0.25, 0.3) is 0 Å². The van der Waals surface area contributed by atoms with Gasteiger partial charge in [0.05, 0.1) is 6.10 Å². The van der Waals surface area contributed by atoms with Gasteiger partial charge in [0.15, 0.2) is 0 Å². The first-order valence-corrected chi connectivity index (χ1v) is 4.67. The Hall–Kier alpha value is -0.0800. The monoisotopic (exact) mass is 157 g/mol. The number of aliphatic hydroxyl groups excluding tert-OH is 1. The van der Waals surface area contributed by atoms with E-state index in [1.165, 1.54) is 12.8 Å². The molecule has 3 unspecified atom stereocenters. The maximum Gasteiger partial charge on any atom is 0.0608 e. The minimum atomic E-state index is -0.126. The zero-order valence-electron chi connectivity index (χ0n) is 7.29. The van der Waals surface area contributed by atoms with Gasteiger partial charge < -0.3 is 10.8 Å². The van der Waals surface area contributed by atoms with Crippen LogP contribution in [0.4, 0.5) is 0 Å². The van der Waals surface area contributed by atoms with Gasteiger partial charge in [-0.15, -0.1) is 0 Å². The molecule has 0 heterocycles. The van der Waals surface area contributed by atoms with Crippen molar-refractivity contribution in [1.82, 2.24) is 0 Å². The first-order valence-electron chi connectivity index (χ1n) is 4.67. The summed E-state index contributed by atoms with van der Waals surface area (Å²) in [4.78, 5) is 0. The fraction of sp³-hybridized carbons (Fsp3) is 1.00. The van der Waals surface area contributed by atoms with E-state index in [-0.39, 0.29) is 6.10 Å². The molecule has 0 radical (unpaired) electrons. The van der Waals surface area contributed by atoms with Crippen LogP contribution in [0.15, 0.2) is 0 Å². The van der Waals surface area contributed by atoms with Crippen LogP contribution in [0.2, 0.25) is 0 Å². The van der Waals surface area contributed by atoms with Crippen LogP contribution in [0.3, 0.4) is 0 Å². The lowest BCUT2D eigenvalue weighted by atomic mass is 9.77. The van der Waals surface area contributed by atoms with Gasteiger partial charge in [-0.3, -0.25) is 0 Å². The average Bonchev–Trinajstić information content (AvgIpc) is 2.05. The van der Waals surface area contributed by atoms with E-state index < -0.39 is 0 Å². The standard InChI is InChI=1S/C9H19NO/c1-2-7-4-3-5-8(6-10)9(7)11/h7-9,11H,2-6,10H2,1H3. The van der Waals surface area contributed by atoms with E-state index in [2.05, 4.69) is 6.92 Å². The molecule has 0 aromatic heterocycles. The Bertz CT molecular complexity index is 104. The van der Waals surface area contributed by atoms with E-state index in [0.29, 0.717) is 18.4 Å². The van der Waals surface area contributed by atoms with Gasteiger partial charge in [-0.05, 0) is 31.2 Å². The summed E-state index contributed by atoms with van der Waals surface area (Å²) in [5.41, 5.74) is 5.55. The molecule has 1 aliphatic carbocycles. The summed E-state index contributed by atoms with van der Waals surface area (Å²) >= 11 is 0. The molecule has 0 aromatic carbocycles. The lowest BCUT2D eigenvalue weighted by Gasteiger charge is -2.33.